The molecule has 2 heteroatoms. The van der Waals surface area contributed by atoms with Gasteiger partial charge in [0.2, 0.25) is 0 Å². The molecule has 0 radical (unpaired) electrons. The van der Waals surface area contributed by atoms with Gasteiger partial charge in [-0.1, -0.05) is 63.2 Å². The number of para-hydroxylation sites is 1. The van der Waals surface area contributed by atoms with Gasteiger partial charge in [0.25, 0.3) is 0 Å². The summed E-state index contributed by atoms with van der Waals surface area (Å²) in [6, 6.07) is 25.5. The third kappa shape index (κ3) is 3.19. The standard InChI is InChI=1S/C28H25NO/c1-18-17-29-25(16-23(18)27-15-20-10-6-8-12-26(20)30-27)21-13-19-9-5-7-11-22(19)24(14-21)28(2,3)4/h5-17H,1-4H3. The number of fused-ring (bicyclic) bond motifs is 2. The van der Waals surface area contributed by atoms with Crippen molar-refractivity contribution in [2.24, 2.45) is 0 Å². The summed E-state index contributed by atoms with van der Waals surface area (Å²) in [6.07, 6.45) is 1.95. The lowest BCUT2D eigenvalue weighted by Gasteiger charge is -2.23. The number of pyridine rings is 1. The fraction of sp³-hybridized carbons (Fsp3) is 0.179. The zero-order chi connectivity index (χ0) is 20.9. The Bertz CT molecular complexity index is 1350. The number of nitrogens with zero attached hydrogens (tertiary/aromatic N) is 1. The van der Waals surface area contributed by atoms with E-state index >= 15 is 0 Å². The predicted octanol–water partition coefficient (Wildman–Crippen LogP) is 7.92. The summed E-state index contributed by atoms with van der Waals surface area (Å²) < 4.78 is 6.15. The van der Waals surface area contributed by atoms with Crippen LogP contribution >= 0.6 is 0 Å². The molecule has 0 bridgehead atoms. The Morgan fingerprint density at radius 1 is 0.800 bits per heavy atom. The molecular formula is C28H25NO. The summed E-state index contributed by atoms with van der Waals surface area (Å²) in [4.78, 5) is 4.78. The molecule has 0 aliphatic rings. The lowest BCUT2D eigenvalue weighted by Crippen LogP contribution is -2.12. The Hall–Kier alpha value is -3.39. The number of aryl methyl sites for hydroxylation is 1. The van der Waals surface area contributed by atoms with Crippen LogP contribution in [0.5, 0.6) is 0 Å². The average Bonchev–Trinajstić information content (AvgIpc) is 3.16. The number of rotatable bonds is 2. The Balaban J connectivity index is 1.70. The minimum atomic E-state index is 0.0435. The first-order chi connectivity index (χ1) is 14.4. The first kappa shape index (κ1) is 18.6. The van der Waals surface area contributed by atoms with Crippen LogP contribution in [0.25, 0.3) is 44.3 Å². The molecule has 148 valence electrons. The molecule has 30 heavy (non-hydrogen) atoms. The van der Waals surface area contributed by atoms with Gasteiger partial charge < -0.3 is 4.42 Å². The van der Waals surface area contributed by atoms with Gasteiger partial charge in [-0.25, -0.2) is 0 Å². The van der Waals surface area contributed by atoms with E-state index in [0.717, 1.165) is 39.1 Å². The van der Waals surface area contributed by atoms with Crippen LogP contribution in [0.15, 0.2) is 83.4 Å². The van der Waals surface area contributed by atoms with Crippen molar-refractivity contribution < 1.29 is 4.42 Å². The first-order valence-corrected chi connectivity index (χ1v) is 10.4. The molecular weight excluding hydrogens is 366 g/mol. The maximum Gasteiger partial charge on any atom is 0.135 e. The molecule has 0 saturated carbocycles. The van der Waals surface area contributed by atoms with E-state index in [-0.39, 0.29) is 5.41 Å². The Labute approximate surface area is 177 Å². The predicted molar refractivity (Wildman–Crippen MR) is 126 cm³/mol. The van der Waals surface area contributed by atoms with Gasteiger partial charge in [0, 0.05) is 22.7 Å². The number of hydrogen-bond acceptors (Lipinski definition) is 2. The summed E-state index contributed by atoms with van der Waals surface area (Å²) in [5.41, 5.74) is 6.58. The summed E-state index contributed by atoms with van der Waals surface area (Å²) in [7, 11) is 0. The second-order valence-electron chi connectivity index (χ2n) is 9.03. The molecule has 2 heterocycles. The fourth-order valence-electron chi connectivity index (χ4n) is 4.14. The highest BCUT2D eigenvalue weighted by Gasteiger charge is 2.19. The topological polar surface area (TPSA) is 26.0 Å². The van der Waals surface area contributed by atoms with E-state index in [1.807, 2.05) is 24.4 Å². The van der Waals surface area contributed by atoms with E-state index in [1.54, 1.807) is 0 Å². The molecule has 5 aromatic rings. The molecule has 2 aromatic heterocycles. The third-order valence-electron chi connectivity index (χ3n) is 5.76. The lowest BCUT2D eigenvalue weighted by atomic mass is 9.82. The van der Waals surface area contributed by atoms with Crippen molar-refractivity contribution in [1.82, 2.24) is 4.98 Å². The van der Waals surface area contributed by atoms with Crippen LogP contribution in [0.3, 0.4) is 0 Å². The van der Waals surface area contributed by atoms with Gasteiger partial charge in [0.15, 0.2) is 0 Å². The average molecular weight is 392 g/mol. The van der Waals surface area contributed by atoms with Gasteiger partial charge >= 0.3 is 0 Å². The zero-order valence-electron chi connectivity index (χ0n) is 17.9. The summed E-state index contributed by atoms with van der Waals surface area (Å²) >= 11 is 0. The molecule has 5 rings (SSSR count). The quantitative estimate of drug-likeness (QED) is 0.305. The van der Waals surface area contributed by atoms with Gasteiger partial charge in [-0.2, -0.15) is 0 Å². The van der Waals surface area contributed by atoms with Crippen LogP contribution in [-0.2, 0) is 5.41 Å². The van der Waals surface area contributed by atoms with Crippen molar-refractivity contribution in [2.75, 3.05) is 0 Å². The van der Waals surface area contributed by atoms with Crippen LogP contribution < -0.4 is 0 Å². The lowest BCUT2D eigenvalue weighted by molar-refractivity contribution is 0.596. The summed E-state index contributed by atoms with van der Waals surface area (Å²) in [5.74, 6) is 0.884. The molecule has 0 spiro atoms. The molecule has 2 nitrogen and oxygen atoms in total. The number of hydrogen-bond donors (Lipinski definition) is 0. The van der Waals surface area contributed by atoms with Crippen molar-refractivity contribution in [2.45, 2.75) is 33.1 Å². The highest BCUT2D eigenvalue weighted by atomic mass is 16.3. The zero-order valence-corrected chi connectivity index (χ0v) is 17.9. The van der Waals surface area contributed by atoms with E-state index in [2.05, 4.69) is 82.3 Å². The van der Waals surface area contributed by atoms with E-state index in [4.69, 9.17) is 9.40 Å². The van der Waals surface area contributed by atoms with E-state index in [9.17, 15) is 0 Å². The van der Waals surface area contributed by atoms with Gasteiger partial charge in [0.05, 0.1) is 5.69 Å². The molecule has 0 unspecified atom stereocenters. The molecule has 0 atom stereocenters. The Morgan fingerprint density at radius 2 is 1.53 bits per heavy atom. The second-order valence-corrected chi connectivity index (χ2v) is 9.03. The normalized spacial score (nSPS) is 12.0. The SMILES string of the molecule is Cc1cnc(-c2cc(C(C)(C)C)c3ccccc3c2)cc1-c1cc2ccccc2o1. The monoisotopic (exact) mass is 391 g/mol. The third-order valence-corrected chi connectivity index (χ3v) is 5.76. The van der Waals surface area contributed by atoms with Crippen molar-refractivity contribution >= 4 is 21.7 Å². The highest BCUT2D eigenvalue weighted by Crippen LogP contribution is 2.36. The maximum atomic E-state index is 6.15. The second kappa shape index (κ2) is 6.84. The van der Waals surface area contributed by atoms with Crippen LogP contribution in [0.2, 0.25) is 0 Å². The summed E-state index contributed by atoms with van der Waals surface area (Å²) in [5, 5.41) is 3.66. The van der Waals surface area contributed by atoms with Crippen molar-refractivity contribution in [3.05, 3.63) is 90.1 Å². The van der Waals surface area contributed by atoms with Crippen LogP contribution in [0.4, 0.5) is 0 Å². The van der Waals surface area contributed by atoms with Crippen molar-refractivity contribution in [3.8, 4) is 22.6 Å². The molecule has 0 aliphatic carbocycles. The van der Waals surface area contributed by atoms with E-state index < -0.39 is 0 Å². The van der Waals surface area contributed by atoms with Crippen LogP contribution in [0, 0.1) is 6.92 Å². The number of furan rings is 1. The number of benzene rings is 3. The summed E-state index contributed by atoms with van der Waals surface area (Å²) in [6.45, 7) is 8.88. The van der Waals surface area contributed by atoms with Crippen LogP contribution in [0.1, 0.15) is 31.9 Å². The molecule has 0 N–H and O–H groups in total. The molecule has 3 aromatic carbocycles. The van der Waals surface area contributed by atoms with Crippen LogP contribution in [-0.4, -0.2) is 4.98 Å². The first-order valence-electron chi connectivity index (χ1n) is 10.4. The smallest absolute Gasteiger partial charge is 0.135 e. The minimum absolute atomic E-state index is 0.0435. The fourth-order valence-corrected chi connectivity index (χ4v) is 4.14. The molecule has 0 saturated heterocycles. The largest absolute Gasteiger partial charge is 0.456 e. The molecule has 0 aliphatic heterocycles. The molecule has 0 fully saturated rings. The van der Waals surface area contributed by atoms with Gasteiger partial charge in [-0.15, -0.1) is 0 Å². The van der Waals surface area contributed by atoms with E-state index in [0.29, 0.717) is 0 Å². The van der Waals surface area contributed by atoms with E-state index in [1.165, 1.54) is 16.3 Å². The maximum absolute atomic E-state index is 6.15. The van der Waals surface area contributed by atoms with Gasteiger partial charge in [0.1, 0.15) is 11.3 Å². The van der Waals surface area contributed by atoms with Crippen molar-refractivity contribution in [1.29, 1.82) is 0 Å². The van der Waals surface area contributed by atoms with Gasteiger partial charge in [-0.3, -0.25) is 4.98 Å². The highest BCUT2D eigenvalue weighted by molar-refractivity contribution is 5.91. The Morgan fingerprint density at radius 3 is 2.30 bits per heavy atom. The molecule has 0 amide bonds. The minimum Gasteiger partial charge on any atom is -0.456 e. The number of aromatic nitrogens is 1. The van der Waals surface area contributed by atoms with Crippen molar-refractivity contribution in [3.63, 3.8) is 0 Å². The Kier molecular flexibility index (Phi) is 4.25. The van der Waals surface area contributed by atoms with Gasteiger partial charge in [-0.05, 0) is 64.6 Å².